The Morgan fingerprint density at radius 2 is 1.88 bits per heavy atom. The Kier molecular flexibility index (Phi) is 3.96. The number of likely N-dealkylation sites (tertiary alicyclic amines) is 1. The molecule has 0 aliphatic carbocycles. The number of pyridine rings is 1. The van der Waals surface area contributed by atoms with Crippen LogP contribution in [0.15, 0.2) is 36.4 Å². The maximum atomic E-state index is 13.8. The molecule has 0 N–H and O–H groups in total. The van der Waals surface area contributed by atoms with E-state index >= 15 is 0 Å². The van der Waals surface area contributed by atoms with Gasteiger partial charge in [0.1, 0.15) is 0 Å². The molecule has 0 saturated carbocycles. The smallest absolute Gasteiger partial charge is 0.223 e. The highest BCUT2D eigenvalue weighted by molar-refractivity contribution is 5.66. The molecule has 3 nitrogen and oxygen atoms in total. The van der Waals surface area contributed by atoms with Crippen LogP contribution in [-0.2, 0) is 0 Å². The molecule has 2 fully saturated rings. The minimum atomic E-state index is -0.794. The van der Waals surface area contributed by atoms with E-state index in [1.165, 1.54) is 30.8 Å². The van der Waals surface area contributed by atoms with Gasteiger partial charge >= 0.3 is 0 Å². The zero-order valence-corrected chi connectivity index (χ0v) is 13.8. The van der Waals surface area contributed by atoms with Crippen molar-refractivity contribution in [1.82, 2.24) is 9.88 Å². The van der Waals surface area contributed by atoms with E-state index in [2.05, 4.69) is 21.7 Å². The molecule has 2 atom stereocenters. The first kappa shape index (κ1) is 15.5. The summed E-state index contributed by atoms with van der Waals surface area (Å²) < 4.78 is 26.8. The van der Waals surface area contributed by atoms with Crippen LogP contribution < -0.4 is 4.90 Å². The molecule has 0 bridgehead atoms. The summed E-state index contributed by atoms with van der Waals surface area (Å²) in [5.74, 6) is -0.806. The number of fused-ring (bicyclic) bond motifs is 1. The summed E-state index contributed by atoms with van der Waals surface area (Å²) in [5.41, 5.74) is 2.24. The number of halogens is 2. The normalized spacial score (nSPS) is 23.7. The fourth-order valence-corrected chi connectivity index (χ4v) is 4.09. The molecule has 2 aliphatic rings. The quantitative estimate of drug-likeness (QED) is 0.803. The predicted octanol–water partition coefficient (Wildman–Crippen LogP) is 3.56. The number of aromatic nitrogens is 1. The molecule has 2 aromatic rings. The van der Waals surface area contributed by atoms with E-state index in [1.54, 1.807) is 0 Å². The van der Waals surface area contributed by atoms with Crippen molar-refractivity contribution >= 4 is 5.69 Å². The van der Waals surface area contributed by atoms with Crippen molar-refractivity contribution in [3.8, 4) is 11.1 Å². The molecule has 1 aromatic carbocycles. The molecular weight excluding hydrogens is 308 g/mol. The Morgan fingerprint density at radius 3 is 2.58 bits per heavy atom. The summed E-state index contributed by atoms with van der Waals surface area (Å²) in [4.78, 5) is 8.25. The lowest BCUT2D eigenvalue weighted by Crippen LogP contribution is -2.35. The molecule has 4 rings (SSSR count). The van der Waals surface area contributed by atoms with Crippen molar-refractivity contribution in [2.24, 2.45) is 5.92 Å². The highest BCUT2D eigenvalue weighted by atomic mass is 19.1. The Balaban J connectivity index is 1.56. The zero-order chi connectivity index (χ0) is 16.7. The molecule has 3 heterocycles. The number of benzene rings is 1. The Morgan fingerprint density at radius 1 is 1.08 bits per heavy atom. The van der Waals surface area contributed by atoms with Crippen molar-refractivity contribution in [3.63, 3.8) is 0 Å². The number of hydrogen-bond donors (Lipinski definition) is 0. The van der Waals surface area contributed by atoms with Gasteiger partial charge in [-0.2, -0.15) is 13.8 Å². The summed E-state index contributed by atoms with van der Waals surface area (Å²) >= 11 is 0. The average Bonchev–Trinajstić information content (AvgIpc) is 3.15. The first-order valence-electron chi connectivity index (χ1n) is 8.57. The van der Waals surface area contributed by atoms with Gasteiger partial charge < -0.3 is 9.80 Å². The van der Waals surface area contributed by atoms with Crippen molar-refractivity contribution in [3.05, 3.63) is 48.3 Å². The largest absolute Gasteiger partial charge is 0.367 e. The van der Waals surface area contributed by atoms with Crippen LogP contribution in [-0.4, -0.2) is 42.1 Å². The highest BCUT2D eigenvalue weighted by Gasteiger charge is 2.40. The lowest BCUT2D eigenvalue weighted by molar-refractivity contribution is 0.335. The third-order valence-electron chi connectivity index (χ3n) is 5.40. The van der Waals surface area contributed by atoms with Gasteiger partial charge in [-0.05, 0) is 48.7 Å². The summed E-state index contributed by atoms with van der Waals surface area (Å²) in [5, 5.41) is 0. The topological polar surface area (TPSA) is 19.4 Å². The van der Waals surface area contributed by atoms with E-state index in [4.69, 9.17) is 0 Å². The van der Waals surface area contributed by atoms with Gasteiger partial charge in [0.25, 0.3) is 0 Å². The van der Waals surface area contributed by atoms with Crippen LogP contribution in [0.1, 0.15) is 13.3 Å². The fourth-order valence-electron chi connectivity index (χ4n) is 4.09. The van der Waals surface area contributed by atoms with Crippen LogP contribution in [0.2, 0.25) is 0 Å². The minimum absolute atomic E-state index is 0.334. The maximum Gasteiger partial charge on any atom is 0.223 e. The van der Waals surface area contributed by atoms with Crippen LogP contribution in [0.3, 0.4) is 0 Å². The number of hydrogen-bond acceptors (Lipinski definition) is 3. The van der Waals surface area contributed by atoms with Crippen molar-refractivity contribution in [2.45, 2.75) is 19.4 Å². The molecule has 0 unspecified atom stereocenters. The first-order chi connectivity index (χ1) is 11.7. The standard InChI is InChI=1S/C19H21F2N3/c1-2-23-11-14-9-10-24(17(14)12-23)15-5-3-13(4-6-15)16-7-8-18(20)22-19(16)21/h3-8,14,17H,2,9-12H2,1H3/t14-,17+/m1/s1. The van der Waals surface area contributed by atoms with Gasteiger partial charge in [-0.1, -0.05) is 19.1 Å². The molecule has 126 valence electrons. The first-order valence-corrected chi connectivity index (χ1v) is 8.57. The second-order valence-electron chi connectivity index (χ2n) is 6.68. The summed E-state index contributed by atoms with van der Waals surface area (Å²) in [6.07, 6.45) is 1.24. The zero-order valence-electron chi connectivity index (χ0n) is 13.8. The van der Waals surface area contributed by atoms with Crippen molar-refractivity contribution in [2.75, 3.05) is 31.1 Å². The Hall–Kier alpha value is -2.01. The molecule has 0 radical (unpaired) electrons. The van der Waals surface area contributed by atoms with Gasteiger partial charge in [0.15, 0.2) is 0 Å². The monoisotopic (exact) mass is 329 g/mol. The lowest BCUT2D eigenvalue weighted by atomic mass is 10.0. The molecule has 2 aliphatic heterocycles. The number of anilines is 1. The highest BCUT2D eigenvalue weighted by Crippen LogP contribution is 2.35. The van der Waals surface area contributed by atoms with Gasteiger partial charge in [0.2, 0.25) is 11.9 Å². The third kappa shape index (κ3) is 2.67. The fraction of sp³-hybridized carbons (Fsp3) is 0.421. The average molecular weight is 329 g/mol. The SMILES string of the molecule is CCN1C[C@H]2CCN(c3ccc(-c4ccc(F)nc4F)cc3)[C@H]2C1. The van der Waals surface area contributed by atoms with E-state index in [0.717, 1.165) is 31.1 Å². The van der Waals surface area contributed by atoms with E-state index in [9.17, 15) is 8.78 Å². The van der Waals surface area contributed by atoms with Crippen LogP contribution in [0.5, 0.6) is 0 Å². The summed E-state index contributed by atoms with van der Waals surface area (Å²) in [7, 11) is 0. The van der Waals surface area contributed by atoms with Gasteiger partial charge in [0.05, 0.1) is 0 Å². The van der Waals surface area contributed by atoms with Crippen LogP contribution in [0, 0.1) is 17.8 Å². The number of likely N-dealkylation sites (N-methyl/N-ethyl adjacent to an activating group) is 1. The van der Waals surface area contributed by atoms with Crippen LogP contribution in [0.4, 0.5) is 14.5 Å². The molecule has 1 aromatic heterocycles. The van der Waals surface area contributed by atoms with E-state index in [1.807, 2.05) is 24.3 Å². The van der Waals surface area contributed by atoms with Gasteiger partial charge in [-0.3, -0.25) is 0 Å². The van der Waals surface area contributed by atoms with Crippen LogP contribution in [0.25, 0.3) is 11.1 Å². The molecular formula is C19H21F2N3. The van der Waals surface area contributed by atoms with Gasteiger partial charge in [-0.15, -0.1) is 0 Å². The van der Waals surface area contributed by atoms with Crippen LogP contribution >= 0.6 is 0 Å². The van der Waals surface area contributed by atoms with E-state index in [0.29, 0.717) is 11.6 Å². The summed E-state index contributed by atoms with van der Waals surface area (Å²) in [6.45, 7) is 6.72. The number of rotatable bonds is 3. The predicted molar refractivity (Wildman–Crippen MR) is 90.9 cm³/mol. The maximum absolute atomic E-state index is 13.8. The van der Waals surface area contributed by atoms with Gasteiger partial charge in [-0.25, -0.2) is 0 Å². The molecule has 2 saturated heterocycles. The second kappa shape index (κ2) is 6.13. The second-order valence-corrected chi connectivity index (χ2v) is 6.68. The summed E-state index contributed by atoms with van der Waals surface area (Å²) in [6, 6.07) is 11.1. The Labute approximate surface area is 140 Å². The van der Waals surface area contributed by atoms with Crippen molar-refractivity contribution in [1.29, 1.82) is 0 Å². The minimum Gasteiger partial charge on any atom is -0.367 e. The Bertz CT molecular complexity index is 732. The van der Waals surface area contributed by atoms with Gasteiger partial charge in [0, 0.05) is 36.9 Å². The molecule has 0 amide bonds. The molecule has 5 heteroatoms. The number of nitrogens with zero attached hydrogens (tertiary/aromatic N) is 3. The lowest BCUT2D eigenvalue weighted by Gasteiger charge is -2.27. The van der Waals surface area contributed by atoms with E-state index < -0.39 is 11.9 Å². The van der Waals surface area contributed by atoms with E-state index in [-0.39, 0.29) is 0 Å². The van der Waals surface area contributed by atoms with Crippen molar-refractivity contribution < 1.29 is 8.78 Å². The molecule has 24 heavy (non-hydrogen) atoms. The molecule has 0 spiro atoms. The third-order valence-corrected chi connectivity index (χ3v) is 5.40.